The Labute approximate surface area is 320 Å². The van der Waals surface area contributed by atoms with E-state index in [9.17, 15) is 9.59 Å². The molecule has 7 nitrogen and oxygen atoms in total. The predicted octanol–water partition coefficient (Wildman–Crippen LogP) is 8.23. The fourth-order valence-corrected chi connectivity index (χ4v) is 11.8. The second-order valence-corrected chi connectivity index (χ2v) is 18.9. The molecule has 0 radical (unpaired) electrons. The number of rotatable bonds is 14. The van der Waals surface area contributed by atoms with Gasteiger partial charge in [0.1, 0.15) is 18.8 Å². The highest BCUT2D eigenvalue weighted by molar-refractivity contribution is 6.99. The van der Waals surface area contributed by atoms with Gasteiger partial charge in [0.15, 0.2) is 12.0 Å². The Morgan fingerprint density at radius 3 is 1.44 bits per heavy atom. The van der Waals surface area contributed by atoms with Crippen LogP contribution in [0.1, 0.15) is 44.4 Å². The van der Waals surface area contributed by atoms with E-state index in [1.165, 1.54) is 13.0 Å². The molecular formula is C46H49NO6Si. The van der Waals surface area contributed by atoms with Crippen LogP contribution >= 0.6 is 0 Å². The topological polar surface area (TPSA) is 74.3 Å². The standard InChI is InChI=1S/C46H49NO6Si/c1-35(48)30-31-41-42(50-32-36-20-10-5-11-21-36)43(51-33-37-22-12-6-13-23-37)44(47(41)45(49)52-34-38-24-14-7-15-25-38)53-54(46(2,3)4,39-26-16-8-17-27-39)40-28-18-9-19-29-40/h5-31,41-44H,32-34H2,1-4H3/b31-30+/t41-,42-,43+,44-/m1/s1. The molecule has 278 valence electrons. The fraction of sp³-hybridized carbons (Fsp3) is 0.261. The molecule has 1 fully saturated rings. The van der Waals surface area contributed by atoms with Crippen LogP contribution in [0.3, 0.4) is 0 Å². The summed E-state index contributed by atoms with van der Waals surface area (Å²) in [6, 6.07) is 49.2. The van der Waals surface area contributed by atoms with Crippen molar-refractivity contribution in [3.05, 3.63) is 181 Å². The molecule has 1 amide bonds. The minimum absolute atomic E-state index is 0.0519. The van der Waals surface area contributed by atoms with Crippen molar-refractivity contribution in [2.45, 2.75) is 77.0 Å². The van der Waals surface area contributed by atoms with Crippen LogP contribution in [0, 0.1) is 0 Å². The predicted molar refractivity (Wildman–Crippen MR) is 215 cm³/mol. The maximum absolute atomic E-state index is 14.7. The molecule has 5 aromatic carbocycles. The van der Waals surface area contributed by atoms with Gasteiger partial charge in [-0.15, -0.1) is 0 Å². The molecule has 5 aromatic rings. The zero-order chi connectivity index (χ0) is 38.0. The first-order valence-corrected chi connectivity index (χ1v) is 20.4. The van der Waals surface area contributed by atoms with Crippen LogP contribution in [0.5, 0.6) is 0 Å². The molecule has 1 aliphatic heterocycles. The van der Waals surface area contributed by atoms with Crippen molar-refractivity contribution in [2.24, 2.45) is 0 Å². The lowest BCUT2D eigenvalue weighted by atomic mass is 10.1. The van der Waals surface area contributed by atoms with E-state index in [0.717, 1.165) is 27.1 Å². The van der Waals surface area contributed by atoms with Crippen LogP contribution in [-0.2, 0) is 43.3 Å². The second-order valence-electron chi connectivity index (χ2n) is 14.6. The second kappa shape index (κ2) is 17.8. The van der Waals surface area contributed by atoms with E-state index >= 15 is 0 Å². The SMILES string of the molecule is CC(=O)/C=C/[C@@H]1[C@@H](OCc2ccccc2)[C@H](OCc2ccccc2)[C@@H](O[Si](c2ccccc2)(c2ccccc2)C(C)(C)C)N1C(=O)OCc1ccccc1. The lowest BCUT2D eigenvalue weighted by molar-refractivity contribution is -0.112. The number of benzene rings is 5. The molecule has 8 heteroatoms. The number of carbonyl (C=O) groups excluding carboxylic acids is 2. The van der Waals surface area contributed by atoms with E-state index in [-0.39, 0.29) is 25.6 Å². The number of hydrogen-bond acceptors (Lipinski definition) is 6. The van der Waals surface area contributed by atoms with Crippen LogP contribution in [0.15, 0.2) is 164 Å². The number of amides is 1. The summed E-state index contributed by atoms with van der Waals surface area (Å²) in [6.45, 7) is 8.63. The van der Waals surface area contributed by atoms with Gasteiger partial charge >= 0.3 is 6.09 Å². The Morgan fingerprint density at radius 1 is 0.611 bits per heavy atom. The minimum Gasteiger partial charge on any atom is -0.444 e. The number of ether oxygens (including phenoxy) is 3. The van der Waals surface area contributed by atoms with Crippen LogP contribution in [0.4, 0.5) is 4.79 Å². The van der Waals surface area contributed by atoms with Gasteiger partial charge < -0.3 is 18.6 Å². The first-order chi connectivity index (χ1) is 26.2. The molecule has 0 aliphatic carbocycles. The van der Waals surface area contributed by atoms with Crippen molar-refractivity contribution in [1.82, 2.24) is 4.90 Å². The Kier molecular flexibility index (Phi) is 12.7. The summed E-state index contributed by atoms with van der Waals surface area (Å²) in [5.41, 5.74) is 2.77. The number of hydrogen-bond donors (Lipinski definition) is 0. The number of ketones is 1. The third-order valence-corrected chi connectivity index (χ3v) is 14.8. The summed E-state index contributed by atoms with van der Waals surface area (Å²) in [6.07, 6.45) is 0.110. The van der Waals surface area contributed by atoms with Gasteiger partial charge in [-0.05, 0) is 45.1 Å². The molecular weight excluding hydrogens is 691 g/mol. The van der Waals surface area contributed by atoms with Gasteiger partial charge in [0.25, 0.3) is 8.32 Å². The van der Waals surface area contributed by atoms with Gasteiger partial charge in [-0.2, -0.15) is 0 Å². The third-order valence-electron chi connectivity index (χ3n) is 9.77. The summed E-state index contributed by atoms with van der Waals surface area (Å²) in [5.74, 6) is -0.160. The van der Waals surface area contributed by atoms with E-state index in [2.05, 4.69) is 45.0 Å². The molecule has 4 atom stereocenters. The van der Waals surface area contributed by atoms with Crippen LogP contribution in [0.2, 0.25) is 5.04 Å². The first-order valence-electron chi connectivity index (χ1n) is 18.4. The van der Waals surface area contributed by atoms with Crippen LogP contribution in [-0.4, -0.2) is 49.6 Å². The van der Waals surface area contributed by atoms with E-state index in [1.807, 2.05) is 127 Å². The summed E-state index contributed by atoms with van der Waals surface area (Å²) in [7, 11) is -3.31. The van der Waals surface area contributed by atoms with Gasteiger partial charge in [0.2, 0.25) is 0 Å². The normalized spacial score (nSPS) is 18.9. The zero-order valence-corrected chi connectivity index (χ0v) is 32.4. The fourth-order valence-electron chi connectivity index (χ4n) is 7.20. The number of allylic oxidation sites excluding steroid dienone is 1. The summed E-state index contributed by atoms with van der Waals surface area (Å²) < 4.78 is 27.6. The molecule has 0 unspecified atom stereocenters. The largest absolute Gasteiger partial charge is 0.444 e. The van der Waals surface area contributed by atoms with Crippen molar-refractivity contribution in [1.29, 1.82) is 0 Å². The van der Waals surface area contributed by atoms with Gasteiger partial charge in [-0.3, -0.25) is 9.69 Å². The van der Waals surface area contributed by atoms with Gasteiger partial charge in [0.05, 0.1) is 19.3 Å². The lowest BCUT2D eigenvalue weighted by Crippen LogP contribution is -2.69. The highest BCUT2D eigenvalue weighted by Gasteiger charge is 2.59. The Bertz CT molecular complexity index is 1910. The molecule has 0 bridgehead atoms. The average molecular weight is 740 g/mol. The quantitative estimate of drug-likeness (QED) is 0.0845. The number of likely N-dealkylation sites (tertiary alicyclic amines) is 1. The Morgan fingerprint density at radius 2 is 1.02 bits per heavy atom. The van der Waals surface area contributed by atoms with Crippen molar-refractivity contribution in [3.8, 4) is 0 Å². The van der Waals surface area contributed by atoms with Crippen molar-refractivity contribution >= 4 is 30.6 Å². The molecule has 1 saturated heterocycles. The summed E-state index contributed by atoms with van der Waals surface area (Å²) in [5, 5.41) is 1.67. The van der Waals surface area contributed by atoms with E-state index < -0.39 is 43.9 Å². The van der Waals surface area contributed by atoms with E-state index in [4.69, 9.17) is 18.6 Å². The molecule has 0 aromatic heterocycles. The smallest absolute Gasteiger partial charge is 0.412 e. The molecule has 1 aliphatic rings. The number of nitrogens with zero attached hydrogens (tertiary/aromatic N) is 1. The maximum Gasteiger partial charge on any atom is 0.412 e. The average Bonchev–Trinajstić information content (AvgIpc) is 3.49. The van der Waals surface area contributed by atoms with Crippen molar-refractivity contribution in [3.63, 3.8) is 0 Å². The molecule has 6 rings (SSSR count). The zero-order valence-electron chi connectivity index (χ0n) is 31.4. The monoisotopic (exact) mass is 739 g/mol. The van der Waals surface area contributed by atoms with E-state index in [1.54, 1.807) is 11.0 Å². The highest BCUT2D eigenvalue weighted by atomic mass is 28.4. The van der Waals surface area contributed by atoms with Crippen LogP contribution < -0.4 is 10.4 Å². The molecule has 0 spiro atoms. The lowest BCUT2D eigenvalue weighted by Gasteiger charge is -2.46. The molecule has 0 saturated carbocycles. The summed E-state index contributed by atoms with van der Waals surface area (Å²) >= 11 is 0. The molecule has 0 N–H and O–H groups in total. The molecule has 54 heavy (non-hydrogen) atoms. The number of carbonyl (C=O) groups is 2. The van der Waals surface area contributed by atoms with Gasteiger partial charge in [-0.25, -0.2) is 4.79 Å². The van der Waals surface area contributed by atoms with Gasteiger partial charge in [0, 0.05) is 0 Å². The maximum atomic E-state index is 14.7. The van der Waals surface area contributed by atoms with Crippen LogP contribution in [0.25, 0.3) is 0 Å². The molecule has 1 heterocycles. The van der Waals surface area contributed by atoms with Crippen molar-refractivity contribution < 1.29 is 28.2 Å². The highest BCUT2D eigenvalue weighted by Crippen LogP contribution is 2.42. The third kappa shape index (κ3) is 8.97. The minimum atomic E-state index is -3.31. The Balaban J connectivity index is 1.53. The van der Waals surface area contributed by atoms with Gasteiger partial charge in [-0.1, -0.05) is 179 Å². The summed E-state index contributed by atoms with van der Waals surface area (Å²) in [4.78, 5) is 28.9. The Hall–Kier alpha value is -5.12. The first kappa shape index (κ1) is 38.6. The van der Waals surface area contributed by atoms with Crippen molar-refractivity contribution in [2.75, 3.05) is 0 Å². The van der Waals surface area contributed by atoms with E-state index in [0.29, 0.717) is 0 Å².